The Morgan fingerprint density at radius 2 is 1.80 bits per heavy atom. The number of nitrogens with one attached hydrogen (secondary N) is 1. The van der Waals surface area contributed by atoms with Gasteiger partial charge in [-0.25, -0.2) is 0 Å². The summed E-state index contributed by atoms with van der Waals surface area (Å²) in [5.41, 5.74) is 5.59. The summed E-state index contributed by atoms with van der Waals surface area (Å²) < 4.78 is 0. The zero-order valence-corrected chi connectivity index (χ0v) is 12.0. The summed E-state index contributed by atoms with van der Waals surface area (Å²) >= 11 is 0. The van der Waals surface area contributed by atoms with Crippen LogP contribution in [0.3, 0.4) is 0 Å². The zero-order valence-electron chi connectivity index (χ0n) is 12.0. The molecule has 1 saturated carbocycles. The maximum atomic E-state index is 3.55. The molecule has 0 heterocycles. The van der Waals surface area contributed by atoms with Gasteiger partial charge in [0.1, 0.15) is 0 Å². The van der Waals surface area contributed by atoms with Crippen molar-refractivity contribution >= 4 is 6.08 Å². The summed E-state index contributed by atoms with van der Waals surface area (Å²) in [5.74, 6) is 0.736. The van der Waals surface area contributed by atoms with E-state index >= 15 is 0 Å². The van der Waals surface area contributed by atoms with Gasteiger partial charge in [0.05, 0.1) is 0 Å². The van der Waals surface area contributed by atoms with E-state index in [1.54, 1.807) is 5.57 Å². The molecule has 1 atom stereocenters. The maximum absolute atomic E-state index is 3.55. The normalized spacial score (nSPS) is 19.2. The Labute approximate surface area is 121 Å². The SMILES string of the molecule is Cc1ccc(/C=C2\CC2CNCc2ccccc2)cc1. The van der Waals surface area contributed by atoms with Crippen molar-refractivity contribution < 1.29 is 0 Å². The molecule has 1 nitrogen and oxygen atoms in total. The number of rotatable bonds is 5. The minimum atomic E-state index is 0.736. The second-order valence-corrected chi connectivity index (χ2v) is 5.65. The average Bonchev–Trinajstić information content (AvgIpc) is 3.21. The summed E-state index contributed by atoms with van der Waals surface area (Å²) in [4.78, 5) is 0. The van der Waals surface area contributed by atoms with Gasteiger partial charge in [0.25, 0.3) is 0 Å². The monoisotopic (exact) mass is 263 g/mol. The molecule has 0 aromatic heterocycles. The predicted octanol–water partition coefficient (Wildman–Crippen LogP) is 4.19. The lowest BCUT2D eigenvalue weighted by Gasteiger charge is -2.02. The van der Waals surface area contributed by atoms with Crippen molar-refractivity contribution in [3.05, 3.63) is 76.9 Å². The predicted molar refractivity (Wildman–Crippen MR) is 85.4 cm³/mol. The van der Waals surface area contributed by atoms with Crippen molar-refractivity contribution in [1.29, 1.82) is 0 Å². The Kier molecular flexibility index (Phi) is 3.98. The highest BCUT2D eigenvalue weighted by Crippen LogP contribution is 2.38. The lowest BCUT2D eigenvalue weighted by molar-refractivity contribution is 0.650. The molecule has 2 aromatic rings. The van der Waals surface area contributed by atoms with Crippen LogP contribution in [0.4, 0.5) is 0 Å². The molecular formula is C19H21N. The van der Waals surface area contributed by atoms with Gasteiger partial charge in [0, 0.05) is 13.1 Å². The van der Waals surface area contributed by atoms with Crippen LogP contribution in [-0.4, -0.2) is 6.54 Å². The van der Waals surface area contributed by atoms with Crippen molar-refractivity contribution in [3.8, 4) is 0 Å². The first kappa shape index (κ1) is 13.1. The van der Waals surface area contributed by atoms with Gasteiger partial charge in [-0.2, -0.15) is 0 Å². The third kappa shape index (κ3) is 3.58. The van der Waals surface area contributed by atoms with Gasteiger partial charge in [-0.05, 0) is 30.4 Å². The first-order valence-electron chi connectivity index (χ1n) is 7.33. The van der Waals surface area contributed by atoms with Crippen LogP contribution in [-0.2, 0) is 6.54 Å². The summed E-state index contributed by atoms with van der Waals surface area (Å²) in [7, 11) is 0. The standard InChI is InChI=1S/C19H21N/c1-15-7-9-16(10-8-15)11-18-12-19(18)14-20-13-17-5-3-2-4-6-17/h2-11,19-20H,12-14H2,1H3/b18-11+. The smallest absolute Gasteiger partial charge is 0.0205 e. The first-order chi connectivity index (χ1) is 9.81. The molecule has 0 amide bonds. The first-order valence-corrected chi connectivity index (χ1v) is 7.33. The van der Waals surface area contributed by atoms with Crippen molar-refractivity contribution in [1.82, 2.24) is 5.32 Å². The number of hydrogen-bond donors (Lipinski definition) is 1. The van der Waals surface area contributed by atoms with Crippen molar-refractivity contribution in [2.45, 2.75) is 19.9 Å². The van der Waals surface area contributed by atoms with Crippen LogP contribution in [0.5, 0.6) is 0 Å². The Morgan fingerprint density at radius 1 is 1.05 bits per heavy atom. The topological polar surface area (TPSA) is 12.0 Å². The van der Waals surface area contributed by atoms with Gasteiger partial charge >= 0.3 is 0 Å². The van der Waals surface area contributed by atoms with Gasteiger partial charge < -0.3 is 5.32 Å². The van der Waals surface area contributed by atoms with E-state index in [1.165, 1.54) is 23.1 Å². The quantitative estimate of drug-likeness (QED) is 0.853. The molecular weight excluding hydrogens is 242 g/mol. The largest absolute Gasteiger partial charge is 0.312 e. The molecule has 1 unspecified atom stereocenters. The molecule has 0 saturated heterocycles. The van der Waals surface area contributed by atoms with E-state index in [4.69, 9.17) is 0 Å². The van der Waals surface area contributed by atoms with E-state index in [0.29, 0.717) is 0 Å². The summed E-state index contributed by atoms with van der Waals surface area (Å²) in [6, 6.07) is 19.4. The molecule has 1 N–H and O–H groups in total. The average molecular weight is 263 g/mol. The van der Waals surface area contributed by atoms with E-state index < -0.39 is 0 Å². The highest BCUT2D eigenvalue weighted by Gasteiger charge is 2.28. The second kappa shape index (κ2) is 6.06. The number of hydrogen-bond acceptors (Lipinski definition) is 1. The third-order valence-electron chi connectivity index (χ3n) is 3.84. The van der Waals surface area contributed by atoms with E-state index in [9.17, 15) is 0 Å². The Hall–Kier alpha value is -1.86. The minimum absolute atomic E-state index is 0.736. The number of aryl methyl sites for hydroxylation is 1. The summed E-state index contributed by atoms with van der Waals surface area (Å²) in [6.07, 6.45) is 3.59. The lowest BCUT2D eigenvalue weighted by Crippen LogP contribution is -2.16. The molecule has 0 aliphatic heterocycles. The lowest BCUT2D eigenvalue weighted by atomic mass is 10.1. The highest BCUT2D eigenvalue weighted by atomic mass is 14.9. The number of benzene rings is 2. The molecule has 1 aliphatic rings. The molecule has 1 heteroatoms. The highest BCUT2D eigenvalue weighted by molar-refractivity contribution is 5.58. The molecule has 0 spiro atoms. The fourth-order valence-electron chi connectivity index (χ4n) is 2.47. The van der Waals surface area contributed by atoms with Gasteiger partial charge in [-0.1, -0.05) is 71.8 Å². The van der Waals surface area contributed by atoms with Crippen molar-refractivity contribution in [2.75, 3.05) is 6.54 Å². The van der Waals surface area contributed by atoms with Crippen LogP contribution in [0.15, 0.2) is 60.2 Å². The minimum Gasteiger partial charge on any atom is -0.312 e. The fraction of sp³-hybridized carbons (Fsp3) is 0.263. The van der Waals surface area contributed by atoms with Gasteiger partial charge in [0.2, 0.25) is 0 Å². The Bertz CT molecular complexity index is 581. The molecule has 0 radical (unpaired) electrons. The molecule has 3 rings (SSSR count). The van der Waals surface area contributed by atoms with Crippen molar-refractivity contribution in [3.63, 3.8) is 0 Å². The Morgan fingerprint density at radius 3 is 2.55 bits per heavy atom. The van der Waals surface area contributed by atoms with Gasteiger partial charge in [-0.15, -0.1) is 0 Å². The molecule has 102 valence electrons. The van der Waals surface area contributed by atoms with E-state index in [1.807, 2.05) is 0 Å². The van der Waals surface area contributed by atoms with Crippen molar-refractivity contribution in [2.24, 2.45) is 5.92 Å². The van der Waals surface area contributed by atoms with Crippen LogP contribution in [0.2, 0.25) is 0 Å². The van der Waals surface area contributed by atoms with Crippen LogP contribution >= 0.6 is 0 Å². The van der Waals surface area contributed by atoms with Crippen LogP contribution < -0.4 is 5.32 Å². The molecule has 2 aromatic carbocycles. The van der Waals surface area contributed by atoms with Crippen LogP contribution in [0, 0.1) is 12.8 Å². The Balaban J connectivity index is 1.46. The third-order valence-corrected chi connectivity index (χ3v) is 3.84. The van der Waals surface area contributed by atoms with E-state index in [0.717, 1.165) is 19.0 Å². The molecule has 1 fully saturated rings. The van der Waals surface area contributed by atoms with Crippen LogP contribution in [0.25, 0.3) is 6.08 Å². The van der Waals surface area contributed by atoms with Gasteiger partial charge in [-0.3, -0.25) is 0 Å². The summed E-state index contributed by atoms with van der Waals surface area (Å²) in [5, 5.41) is 3.55. The van der Waals surface area contributed by atoms with E-state index in [-0.39, 0.29) is 0 Å². The van der Waals surface area contributed by atoms with E-state index in [2.05, 4.69) is 72.9 Å². The molecule has 20 heavy (non-hydrogen) atoms. The second-order valence-electron chi connectivity index (χ2n) is 5.65. The molecule has 0 bridgehead atoms. The zero-order chi connectivity index (χ0) is 13.8. The van der Waals surface area contributed by atoms with Gasteiger partial charge in [0.15, 0.2) is 0 Å². The fourth-order valence-corrected chi connectivity index (χ4v) is 2.47. The summed E-state index contributed by atoms with van der Waals surface area (Å²) in [6.45, 7) is 4.19. The van der Waals surface area contributed by atoms with Crippen LogP contribution in [0.1, 0.15) is 23.1 Å². The maximum Gasteiger partial charge on any atom is 0.0205 e. The molecule has 1 aliphatic carbocycles.